The highest BCUT2D eigenvalue weighted by atomic mass is 32.2. The minimum absolute atomic E-state index is 0.0366. The van der Waals surface area contributed by atoms with E-state index in [-0.39, 0.29) is 18.3 Å². The second kappa shape index (κ2) is 7.71. The van der Waals surface area contributed by atoms with Crippen molar-refractivity contribution in [2.24, 2.45) is 0 Å². The summed E-state index contributed by atoms with van der Waals surface area (Å²) in [5.74, 6) is -0.720. The average molecular weight is 380 g/mol. The van der Waals surface area contributed by atoms with Gasteiger partial charge in [-0.25, -0.2) is 8.42 Å². The number of carbonyl (C=O) groups excluding carboxylic acids is 1. The number of rotatable bonds is 6. The minimum Gasteiger partial charge on any atom is -0.377 e. The van der Waals surface area contributed by atoms with E-state index < -0.39 is 34.2 Å². The number of nitrogens with zero attached hydrogens (tertiary/aromatic N) is 1. The lowest BCUT2D eigenvalue weighted by Gasteiger charge is -2.22. The molecule has 0 aromatic heterocycles. The Hall–Kier alpha value is -1.65. The van der Waals surface area contributed by atoms with Crippen molar-refractivity contribution in [3.63, 3.8) is 0 Å². The van der Waals surface area contributed by atoms with Crippen LogP contribution < -0.4 is 5.32 Å². The smallest absolute Gasteiger partial charge is 0.377 e. The average Bonchev–Trinajstić information content (AvgIpc) is 2.98. The Morgan fingerprint density at radius 2 is 2.12 bits per heavy atom. The van der Waals surface area contributed by atoms with Crippen LogP contribution in [-0.2, 0) is 25.7 Å². The molecule has 1 saturated heterocycles. The predicted octanol–water partition coefficient (Wildman–Crippen LogP) is 2.08. The van der Waals surface area contributed by atoms with Crippen molar-refractivity contribution in [3.05, 3.63) is 29.8 Å². The maximum Gasteiger partial charge on any atom is 0.416 e. The first-order chi connectivity index (χ1) is 11.6. The summed E-state index contributed by atoms with van der Waals surface area (Å²) < 4.78 is 68.1. The third-order valence-corrected chi connectivity index (χ3v) is 4.91. The third kappa shape index (κ3) is 5.98. The van der Waals surface area contributed by atoms with Gasteiger partial charge in [-0.3, -0.25) is 4.79 Å². The third-order valence-electron chi connectivity index (χ3n) is 3.69. The van der Waals surface area contributed by atoms with Gasteiger partial charge >= 0.3 is 6.18 Å². The molecule has 1 unspecified atom stereocenters. The van der Waals surface area contributed by atoms with Gasteiger partial charge in [0.15, 0.2) is 0 Å². The molecule has 1 atom stereocenters. The fourth-order valence-electron chi connectivity index (χ4n) is 2.47. The van der Waals surface area contributed by atoms with Gasteiger partial charge in [-0.05, 0) is 31.0 Å². The summed E-state index contributed by atoms with van der Waals surface area (Å²) in [5, 5.41) is 2.30. The molecule has 10 heteroatoms. The van der Waals surface area contributed by atoms with Crippen LogP contribution in [0.25, 0.3) is 0 Å². The molecule has 0 radical (unpaired) electrons. The number of nitrogens with one attached hydrogen (secondary N) is 1. The Morgan fingerprint density at radius 3 is 2.68 bits per heavy atom. The topological polar surface area (TPSA) is 75.7 Å². The minimum atomic E-state index is -4.53. The summed E-state index contributed by atoms with van der Waals surface area (Å²) in [6.07, 6.45) is -2.32. The van der Waals surface area contributed by atoms with Crippen LogP contribution >= 0.6 is 0 Å². The van der Waals surface area contributed by atoms with E-state index in [0.717, 1.165) is 29.1 Å². The summed E-state index contributed by atoms with van der Waals surface area (Å²) in [4.78, 5) is 12.1. The van der Waals surface area contributed by atoms with Gasteiger partial charge in [-0.15, -0.1) is 0 Å². The monoisotopic (exact) mass is 380 g/mol. The van der Waals surface area contributed by atoms with E-state index in [0.29, 0.717) is 13.0 Å². The maximum atomic E-state index is 12.7. The van der Waals surface area contributed by atoms with E-state index in [1.165, 1.54) is 12.1 Å². The van der Waals surface area contributed by atoms with Crippen LogP contribution in [0.1, 0.15) is 18.4 Å². The van der Waals surface area contributed by atoms with Crippen LogP contribution in [0.4, 0.5) is 18.9 Å². The van der Waals surface area contributed by atoms with Crippen LogP contribution in [0.3, 0.4) is 0 Å². The van der Waals surface area contributed by atoms with Gasteiger partial charge in [-0.1, -0.05) is 6.07 Å². The van der Waals surface area contributed by atoms with Crippen molar-refractivity contribution in [3.8, 4) is 0 Å². The number of hydrogen-bond acceptors (Lipinski definition) is 4. The van der Waals surface area contributed by atoms with E-state index >= 15 is 0 Å². The molecule has 1 heterocycles. The van der Waals surface area contributed by atoms with Gasteiger partial charge in [0.1, 0.15) is 0 Å². The van der Waals surface area contributed by atoms with Crippen molar-refractivity contribution in [1.29, 1.82) is 0 Å². The van der Waals surface area contributed by atoms with Crippen molar-refractivity contribution in [2.45, 2.75) is 25.1 Å². The number of sulfonamides is 1. The quantitative estimate of drug-likeness (QED) is 0.820. The van der Waals surface area contributed by atoms with E-state index in [4.69, 9.17) is 4.74 Å². The van der Waals surface area contributed by atoms with Crippen LogP contribution in [0.2, 0.25) is 0 Å². The zero-order chi connectivity index (χ0) is 18.7. The molecule has 1 aliphatic heterocycles. The molecule has 1 aromatic rings. The lowest BCUT2D eigenvalue weighted by Crippen LogP contribution is -2.41. The zero-order valence-corrected chi connectivity index (χ0v) is 14.4. The number of halogens is 3. The van der Waals surface area contributed by atoms with Crippen LogP contribution in [-0.4, -0.2) is 50.7 Å². The summed E-state index contributed by atoms with van der Waals surface area (Å²) in [5.41, 5.74) is -0.949. The zero-order valence-electron chi connectivity index (χ0n) is 13.5. The molecule has 2 rings (SSSR count). The standard InChI is InChI=1S/C15H19F3N2O4S/c1-25(22,23)20(9-13-6-3-7-24-13)10-14(21)19-12-5-2-4-11(8-12)15(16,17)18/h2,4-5,8,13H,3,6-7,9-10H2,1H3,(H,19,21). The molecular weight excluding hydrogens is 361 g/mol. The van der Waals surface area contributed by atoms with E-state index in [9.17, 15) is 26.4 Å². The predicted molar refractivity (Wildman–Crippen MR) is 85.5 cm³/mol. The summed E-state index contributed by atoms with van der Waals surface area (Å²) in [6.45, 7) is 0.0858. The van der Waals surface area contributed by atoms with E-state index in [2.05, 4.69) is 5.32 Å². The molecule has 140 valence electrons. The lowest BCUT2D eigenvalue weighted by atomic mass is 10.2. The Balaban J connectivity index is 2.03. The molecule has 0 aliphatic carbocycles. The van der Waals surface area contributed by atoms with Gasteiger partial charge in [0.25, 0.3) is 0 Å². The Bertz CT molecular complexity index is 716. The van der Waals surface area contributed by atoms with Crippen LogP contribution in [0.15, 0.2) is 24.3 Å². The largest absolute Gasteiger partial charge is 0.416 e. The van der Waals surface area contributed by atoms with Gasteiger partial charge in [0.05, 0.1) is 24.5 Å². The number of benzene rings is 1. The molecule has 1 amide bonds. The number of anilines is 1. The lowest BCUT2D eigenvalue weighted by molar-refractivity contribution is -0.137. The van der Waals surface area contributed by atoms with Gasteiger partial charge in [0, 0.05) is 18.8 Å². The highest BCUT2D eigenvalue weighted by Crippen LogP contribution is 2.30. The Labute approximate surface area is 144 Å². The molecule has 0 bridgehead atoms. The number of hydrogen-bond donors (Lipinski definition) is 1. The summed E-state index contributed by atoms with van der Waals surface area (Å²) in [6, 6.07) is 4.15. The SMILES string of the molecule is CS(=O)(=O)N(CC(=O)Nc1cccc(C(F)(F)F)c1)CC1CCCO1. The molecule has 6 nitrogen and oxygen atoms in total. The summed E-state index contributed by atoms with van der Waals surface area (Å²) in [7, 11) is -3.66. The second-order valence-corrected chi connectivity index (χ2v) is 7.80. The second-order valence-electron chi connectivity index (χ2n) is 5.82. The van der Waals surface area contributed by atoms with Gasteiger partial charge in [0.2, 0.25) is 15.9 Å². The molecule has 1 aromatic carbocycles. The molecule has 1 fully saturated rings. The summed E-state index contributed by atoms with van der Waals surface area (Å²) >= 11 is 0. The molecule has 0 saturated carbocycles. The van der Waals surface area contributed by atoms with E-state index in [1.54, 1.807) is 0 Å². The number of carbonyl (C=O) groups is 1. The highest BCUT2D eigenvalue weighted by Gasteiger charge is 2.31. The number of amides is 1. The maximum absolute atomic E-state index is 12.7. The van der Waals surface area contributed by atoms with Gasteiger partial charge in [-0.2, -0.15) is 17.5 Å². The van der Waals surface area contributed by atoms with Crippen molar-refractivity contribution < 1.29 is 31.1 Å². The first-order valence-electron chi connectivity index (χ1n) is 7.59. The van der Waals surface area contributed by atoms with Crippen LogP contribution in [0, 0.1) is 0 Å². The molecule has 25 heavy (non-hydrogen) atoms. The fraction of sp³-hybridized carbons (Fsp3) is 0.533. The van der Waals surface area contributed by atoms with E-state index in [1.807, 2.05) is 0 Å². The molecule has 1 N–H and O–H groups in total. The highest BCUT2D eigenvalue weighted by molar-refractivity contribution is 7.88. The normalized spacial score (nSPS) is 18.5. The number of alkyl halides is 3. The Kier molecular flexibility index (Phi) is 6.07. The fourth-order valence-corrected chi connectivity index (χ4v) is 3.26. The van der Waals surface area contributed by atoms with Crippen molar-refractivity contribution in [1.82, 2.24) is 4.31 Å². The first-order valence-corrected chi connectivity index (χ1v) is 9.44. The Morgan fingerprint density at radius 1 is 1.40 bits per heavy atom. The number of ether oxygens (including phenoxy) is 1. The molecular formula is C15H19F3N2O4S. The molecule has 0 spiro atoms. The van der Waals surface area contributed by atoms with Crippen molar-refractivity contribution in [2.75, 3.05) is 31.3 Å². The van der Waals surface area contributed by atoms with Crippen molar-refractivity contribution >= 4 is 21.6 Å². The van der Waals surface area contributed by atoms with Gasteiger partial charge < -0.3 is 10.1 Å². The van der Waals surface area contributed by atoms with Crippen LogP contribution in [0.5, 0.6) is 0 Å². The molecule has 1 aliphatic rings. The first kappa shape index (κ1) is 19.7.